The molecule has 0 aliphatic heterocycles. The highest BCUT2D eigenvalue weighted by Gasteiger charge is 2.18. The Morgan fingerprint density at radius 1 is 1.40 bits per heavy atom. The van der Waals surface area contributed by atoms with Crippen LogP contribution in [0.3, 0.4) is 0 Å². The van der Waals surface area contributed by atoms with Crippen molar-refractivity contribution in [1.82, 2.24) is 0 Å². The van der Waals surface area contributed by atoms with Gasteiger partial charge in [0.25, 0.3) is 5.69 Å². The molecule has 0 atom stereocenters. The Kier molecular flexibility index (Phi) is 5.05. The van der Waals surface area contributed by atoms with Gasteiger partial charge in [0.2, 0.25) is 0 Å². The summed E-state index contributed by atoms with van der Waals surface area (Å²) in [6, 6.07) is 8.22. The van der Waals surface area contributed by atoms with E-state index in [9.17, 15) is 10.1 Å². The Morgan fingerprint density at radius 3 is 2.65 bits per heavy atom. The van der Waals surface area contributed by atoms with Crippen molar-refractivity contribution in [2.75, 3.05) is 11.9 Å². The third kappa shape index (κ3) is 4.25. The first-order chi connectivity index (χ1) is 9.39. The number of anilines is 1. The Balaban J connectivity index is 2.81. The molecular formula is C14H16N4O2. The molecule has 1 aromatic carbocycles. The summed E-state index contributed by atoms with van der Waals surface area (Å²) in [7, 11) is 0. The van der Waals surface area contributed by atoms with Crippen LogP contribution in [0.5, 0.6) is 0 Å². The Morgan fingerprint density at radius 2 is 2.10 bits per heavy atom. The van der Waals surface area contributed by atoms with Crippen LogP contribution in [0.2, 0.25) is 0 Å². The number of nitrogens with zero attached hydrogens (tertiary/aromatic N) is 3. The summed E-state index contributed by atoms with van der Waals surface area (Å²) in [5, 5.41) is 31.4. The molecule has 0 fully saturated rings. The van der Waals surface area contributed by atoms with Gasteiger partial charge in [0, 0.05) is 25.1 Å². The van der Waals surface area contributed by atoms with Gasteiger partial charge in [0.15, 0.2) is 0 Å². The van der Waals surface area contributed by atoms with Crippen LogP contribution in [0.15, 0.2) is 18.2 Å². The van der Waals surface area contributed by atoms with Crippen molar-refractivity contribution < 1.29 is 4.92 Å². The second kappa shape index (κ2) is 6.53. The van der Waals surface area contributed by atoms with Crippen molar-refractivity contribution in [2.45, 2.75) is 26.7 Å². The maximum atomic E-state index is 10.7. The lowest BCUT2D eigenvalue weighted by molar-refractivity contribution is -0.384. The average molecular weight is 272 g/mol. The molecule has 0 saturated carbocycles. The molecule has 6 nitrogen and oxygen atoms in total. The fourth-order valence-corrected chi connectivity index (χ4v) is 1.71. The smallest absolute Gasteiger partial charge is 0.270 e. The fraction of sp³-hybridized carbons (Fsp3) is 0.429. The molecule has 20 heavy (non-hydrogen) atoms. The van der Waals surface area contributed by atoms with Crippen molar-refractivity contribution in [3.05, 3.63) is 33.9 Å². The minimum atomic E-state index is -0.526. The quantitative estimate of drug-likeness (QED) is 0.632. The van der Waals surface area contributed by atoms with Crippen LogP contribution in [0.1, 0.15) is 32.3 Å². The highest BCUT2D eigenvalue weighted by Crippen LogP contribution is 2.26. The lowest BCUT2D eigenvalue weighted by Gasteiger charge is -2.24. The predicted molar refractivity (Wildman–Crippen MR) is 74.9 cm³/mol. The minimum Gasteiger partial charge on any atom is -0.383 e. The second-order valence-corrected chi connectivity index (χ2v) is 5.27. The molecule has 0 unspecified atom stereocenters. The summed E-state index contributed by atoms with van der Waals surface area (Å²) in [5.74, 6) is 0. The first-order valence-corrected chi connectivity index (χ1v) is 6.19. The molecule has 0 bridgehead atoms. The molecule has 0 heterocycles. The number of hydrogen-bond acceptors (Lipinski definition) is 5. The number of nitriles is 2. The summed E-state index contributed by atoms with van der Waals surface area (Å²) in [6.07, 6.45) is 1.21. The molecule has 0 spiro atoms. The molecule has 0 amide bonds. The molecule has 0 radical (unpaired) electrons. The van der Waals surface area contributed by atoms with E-state index in [-0.39, 0.29) is 16.7 Å². The maximum Gasteiger partial charge on any atom is 0.270 e. The van der Waals surface area contributed by atoms with Crippen LogP contribution in [0, 0.1) is 38.2 Å². The van der Waals surface area contributed by atoms with Crippen LogP contribution in [0.4, 0.5) is 11.4 Å². The minimum absolute atomic E-state index is 0.0930. The third-order valence-electron chi connectivity index (χ3n) is 3.01. The van der Waals surface area contributed by atoms with Gasteiger partial charge in [0.1, 0.15) is 6.07 Å². The summed E-state index contributed by atoms with van der Waals surface area (Å²) in [5.41, 5.74) is 0.624. The van der Waals surface area contributed by atoms with Crippen molar-refractivity contribution in [3.63, 3.8) is 0 Å². The molecular weight excluding hydrogens is 256 g/mol. The van der Waals surface area contributed by atoms with Crippen LogP contribution in [-0.2, 0) is 0 Å². The Hall–Kier alpha value is -2.60. The molecule has 104 valence electrons. The van der Waals surface area contributed by atoms with Crippen molar-refractivity contribution in [1.29, 1.82) is 10.5 Å². The number of hydrogen-bond donors (Lipinski definition) is 1. The summed E-state index contributed by atoms with van der Waals surface area (Å²) in [6.45, 7) is 4.63. The zero-order chi connectivity index (χ0) is 15.2. The second-order valence-electron chi connectivity index (χ2n) is 5.27. The summed E-state index contributed by atoms with van der Waals surface area (Å²) in [4.78, 5) is 10.1. The number of rotatable bonds is 6. The largest absolute Gasteiger partial charge is 0.383 e. The predicted octanol–water partition coefficient (Wildman–Crippen LogP) is 3.21. The number of nitro benzene ring substituents is 1. The lowest BCUT2D eigenvalue weighted by Crippen LogP contribution is -2.23. The molecule has 1 rings (SSSR count). The molecule has 6 heteroatoms. The van der Waals surface area contributed by atoms with E-state index < -0.39 is 4.92 Å². The Labute approximate surface area is 117 Å². The SMILES string of the molecule is CC(C)(CCC#N)CNc1ccc([N+](=O)[O-])cc1C#N. The van der Waals surface area contributed by atoms with Gasteiger partial charge in [-0.1, -0.05) is 13.8 Å². The van der Waals surface area contributed by atoms with Crippen molar-refractivity contribution >= 4 is 11.4 Å². The molecule has 1 N–H and O–H groups in total. The van der Waals surface area contributed by atoms with E-state index in [1.54, 1.807) is 0 Å². The van der Waals surface area contributed by atoms with Gasteiger partial charge in [0.05, 0.1) is 22.2 Å². The van der Waals surface area contributed by atoms with Crippen molar-refractivity contribution in [2.24, 2.45) is 5.41 Å². The van der Waals surface area contributed by atoms with Gasteiger partial charge in [-0.25, -0.2) is 0 Å². The van der Waals surface area contributed by atoms with E-state index >= 15 is 0 Å². The Bertz CT molecular complexity index is 582. The summed E-state index contributed by atoms with van der Waals surface area (Å²) >= 11 is 0. The molecule has 0 aliphatic rings. The number of nitro groups is 1. The van der Waals surface area contributed by atoms with Gasteiger partial charge < -0.3 is 5.32 Å². The van der Waals surface area contributed by atoms with Gasteiger partial charge >= 0.3 is 0 Å². The van der Waals surface area contributed by atoms with Gasteiger partial charge in [-0.15, -0.1) is 0 Å². The highest BCUT2D eigenvalue weighted by molar-refractivity contribution is 5.61. The molecule has 0 aromatic heterocycles. The third-order valence-corrected chi connectivity index (χ3v) is 3.01. The van der Waals surface area contributed by atoms with E-state index in [0.29, 0.717) is 18.7 Å². The monoisotopic (exact) mass is 272 g/mol. The first-order valence-electron chi connectivity index (χ1n) is 6.19. The van der Waals surface area contributed by atoms with Gasteiger partial charge in [-0.3, -0.25) is 10.1 Å². The molecule has 1 aromatic rings. The highest BCUT2D eigenvalue weighted by atomic mass is 16.6. The van der Waals surface area contributed by atoms with E-state index in [1.165, 1.54) is 18.2 Å². The first kappa shape index (κ1) is 15.5. The molecule has 0 aliphatic carbocycles. The van der Waals surface area contributed by atoms with E-state index in [2.05, 4.69) is 11.4 Å². The number of nitrogens with one attached hydrogen (secondary N) is 1. The maximum absolute atomic E-state index is 10.7. The normalized spacial score (nSPS) is 10.4. The zero-order valence-corrected chi connectivity index (χ0v) is 11.5. The van der Waals surface area contributed by atoms with Gasteiger partial charge in [-0.05, 0) is 17.9 Å². The van der Waals surface area contributed by atoms with E-state index in [4.69, 9.17) is 10.5 Å². The zero-order valence-electron chi connectivity index (χ0n) is 11.5. The van der Waals surface area contributed by atoms with Gasteiger partial charge in [-0.2, -0.15) is 10.5 Å². The van der Waals surface area contributed by atoms with Crippen LogP contribution in [0.25, 0.3) is 0 Å². The lowest BCUT2D eigenvalue weighted by atomic mass is 9.88. The standard InChI is InChI=1S/C14H16N4O2/c1-14(2,6-3-7-15)10-17-13-5-4-12(18(19)20)8-11(13)9-16/h4-5,8,17H,3,6,10H2,1-2H3. The average Bonchev–Trinajstić information content (AvgIpc) is 2.42. The van der Waals surface area contributed by atoms with Crippen LogP contribution < -0.4 is 5.32 Å². The van der Waals surface area contributed by atoms with Crippen LogP contribution in [-0.4, -0.2) is 11.5 Å². The topological polar surface area (TPSA) is 103 Å². The van der Waals surface area contributed by atoms with Crippen LogP contribution >= 0.6 is 0 Å². The van der Waals surface area contributed by atoms with E-state index in [1.807, 2.05) is 19.9 Å². The molecule has 0 saturated heterocycles. The number of benzene rings is 1. The van der Waals surface area contributed by atoms with Crippen molar-refractivity contribution in [3.8, 4) is 12.1 Å². The fourth-order valence-electron chi connectivity index (χ4n) is 1.71. The summed E-state index contributed by atoms with van der Waals surface area (Å²) < 4.78 is 0. The van der Waals surface area contributed by atoms with E-state index in [0.717, 1.165) is 6.42 Å². The number of non-ortho nitro benzene ring substituents is 1.